The van der Waals surface area contributed by atoms with Gasteiger partial charge in [0.15, 0.2) is 0 Å². The molecule has 2 rings (SSSR count). The first-order valence-electron chi connectivity index (χ1n) is 5.24. The summed E-state index contributed by atoms with van der Waals surface area (Å²) in [6.45, 7) is 0. The molecule has 2 nitrogen and oxygen atoms in total. The third-order valence-corrected chi connectivity index (χ3v) is 3.37. The fraction of sp³-hybridized carbons (Fsp3) is 0.500. The number of nitrogens with two attached hydrogens (primary N) is 1. The van der Waals surface area contributed by atoms with Crippen LogP contribution in [0.4, 0.5) is 0 Å². The monoisotopic (exact) mass is 225 g/mol. The summed E-state index contributed by atoms with van der Waals surface area (Å²) in [4.78, 5) is 0. The van der Waals surface area contributed by atoms with Crippen LogP contribution >= 0.6 is 11.6 Å². The van der Waals surface area contributed by atoms with Gasteiger partial charge in [0.05, 0.1) is 7.11 Å². The summed E-state index contributed by atoms with van der Waals surface area (Å²) in [5.74, 6) is 0.885. The van der Waals surface area contributed by atoms with Crippen LogP contribution in [0.15, 0.2) is 18.2 Å². The van der Waals surface area contributed by atoms with Gasteiger partial charge < -0.3 is 10.5 Å². The smallest absolute Gasteiger partial charge is 0.122 e. The highest BCUT2D eigenvalue weighted by Gasteiger charge is 2.33. The second kappa shape index (κ2) is 4.03. The SMILES string of the molecule is COc1ccc(Cl)cc1CC1(N)CCC1. The van der Waals surface area contributed by atoms with Crippen LogP contribution in [0.25, 0.3) is 0 Å². The number of benzene rings is 1. The number of hydrogen-bond acceptors (Lipinski definition) is 2. The van der Waals surface area contributed by atoms with Crippen LogP contribution in [-0.2, 0) is 6.42 Å². The van der Waals surface area contributed by atoms with Gasteiger partial charge in [-0.15, -0.1) is 0 Å². The number of halogens is 1. The van der Waals surface area contributed by atoms with Gasteiger partial charge in [-0.05, 0) is 49.4 Å². The molecule has 1 aliphatic carbocycles. The van der Waals surface area contributed by atoms with Crippen molar-refractivity contribution >= 4 is 11.6 Å². The number of ether oxygens (including phenoxy) is 1. The minimum Gasteiger partial charge on any atom is -0.496 e. The van der Waals surface area contributed by atoms with Crippen molar-refractivity contribution in [1.82, 2.24) is 0 Å². The van der Waals surface area contributed by atoms with Gasteiger partial charge in [-0.25, -0.2) is 0 Å². The van der Waals surface area contributed by atoms with Gasteiger partial charge >= 0.3 is 0 Å². The fourth-order valence-electron chi connectivity index (χ4n) is 2.07. The second-order valence-electron chi connectivity index (χ2n) is 4.35. The molecule has 3 heteroatoms. The standard InChI is InChI=1S/C12H16ClNO/c1-15-11-4-3-10(13)7-9(11)8-12(14)5-2-6-12/h3-4,7H,2,5-6,8,14H2,1H3. The van der Waals surface area contributed by atoms with E-state index in [4.69, 9.17) is 22.1 Å². The van der Waals surface area contributed by atoms with Crippen molar-refractivity contribution in [2.45, 2.75) is 31.2 Å². The highest BCUT2D eigenvalue weighted by Crippen LogP contribution is 2.35. The van der Waals surface area contributed by atoms with E-state index in [0.29, 0.717) is 0 Å². The van der Waals surface area contributed by atoms with Crippen molar-refractivity contribution < 1.29 is 4.74 Å². The van der Waals surface area contributed by atoms with Gasteiger partial charge in [-0.2, -0.15) is 0 Å². The molecule has 15 heavy (non-hydrogen) atoms. The van der Waals surface area contributed by atoms with E-state index in [1.165, 1.54) is 6.42 Å². The van der Waals surface area contributed by atoms with Crippen LogP contribution in [0.1, 0.15) is 24.8 Å². The van der Waals surface area contributed by atoms with Crippen molar-refractivity contribution in [2.24, 2.45) is 5.73 Å². The lowest BCUT2D eigenvalue weighted by Crippen LogP contribution is -2.48. The maximum Gasteiger partial charge on any atom is 0.122 e. The molecule has 82 valence electrons. The summed E-state index contributed by atoms with van der Waals surface area (Å²) in [5.41, 5.74) is 7.30. The van der Waals surface area contributed by atoms with Gasteiger partial charge in [-0.1, -0.05) is 11.6 Å². The number of methoxy groups -OCH3 is 1. The van der Waals surface area contributed by atoms with Crippen LogP contribution in [-0.4, -0.2) is 12.6 Å². The Bertz CT molecular complexity index is 361. The summed E-state index contributed by atoms with van der Waals surface area (Å²) in [6.07, 6.45) is 4.29. The first-order valence-corrected chi connectivity index (χ1v) is 5.62. The van der Waals surface area contributed by atoms with Gasteiger partial charge in [0.2, 0.25) is 0 Å². The van der Waals surface area contributed by atoms with Gasteiger partial charge in [-0.3, -0.25) is 0 Å². The van der Waals surface area contributed by atoms with E-state index in [1.54, 1.807) is 7.11 Å². The Morgan fingerprint density at radius 2 is 2.20 bits per heavy atom. The van der Waals surface area contributed by atoms with Crippen LogP contribution in [0.2, 0.25) is 5.02 Å². The molecule has 0 bridgehead atoms. The Morgan fingerprint density at radius 1 is 1.47 bits per heavy atom. The zero-order valence-corrected chi connectivity index (χ0v) is 9.68. The lowest BCUT2D eigenvalue weighted by molar-refractivity contribution is 0.245. The lowest BCUT2D eigenvalue weighted by Gasteiger charge is -2.38. The predicted octanol–water partition coefficient (Wildman–Crippen LogP) is 2.77. The zero-order chi connectivity index (χ0) is 10.9. The highest BCUT2D eigenvalue weighted by atomic mass is 35.5. The van der Waals surface area contributed by atoms with Crippen molar-refractivity contribution in [3.8, 4) is 5.75 Å². The Kier molecular flexibility index (Phi) is 2.89. The molecule has 1 fully saturated rings. The van der Waals surface area contributed by atoms with Gasteiger partial charge in [0.1, 0.15) is 5.75 Å². The summed E-state index contributed by atoms with van der Waals surface area (Å²) in [5, 5.41) is 0.744. The van der Waals surface area contributed by atoms with E-state index >= 15 is 0 Å². The molecular formula is C12H16ClNO. The Labute approximate surface area is 95.4 Å². The third kappa shape index (κ3) is 2.27. The topological polar surface area (TPSA) is 35.2 Å². The van der Waals surface area contributed by atoms with Crippen LogP contribution in [0.5, 0.6) is 5.75 Å². The van der Waals surface area contributed by atoms with Crippen LogP contribution in [0, 0.1) is 0 Å². The summed E-state index contributed by atoms with van der Waals surface area (Å²) < 4.78 is 5.30. The largest absolute Gasteiger partial charge is 0.496 e. The minimum absolute atomic E-state index is 0.0298. The highest BCUT2D eigenvalue weighted by molar-refractivity contribution is 6.30. The molecule has 0 heterocycles. The van der Waals surface area contributed by atoms with E-state index < -0.39 is 0 Å². The molecule has 0 aliphatic heterocycles. The normalized spacial score (nSPS) is 18.3. The van der Waals surface area contributed by atoms with E-state index in [0.717, 1.165) is 35.6 Å². The fourth-order valence-corrected chi connectivity index (χ4v) is 2.27. The maximum absolute atomic E-state index is 6.21. The van der Waals surface area contributed by atoms with Crippen molar-refractivity contribution in [1.29, 1.82) is 0 Å². The molecule has 1 aromatic rings. The van der Waals surface area contributed by atoms with Gasteiger partial charge in [0.25, 0.3) is 0 Å². The third-order valence-electron chi connectivity index (χ3n) is 3.13. The molecule has 1 saturated carbocycles. The Morgan fingerprint density at radius 3 is 2.73 bits per heavy atom. The first kappa shape index (κ1) is 10.8. The van der Waals surface area contributed by atoms with Crippen molar-refractivity contribution in [2.75, 3.05) is 7.11 Å². The molecule has 0 unspecified atom stereocenters. The molecule has 0 spiro atoms. The summed E-state index contributed by atoms with van der Waals surface area (Å²) in [7, 11) is 1.68. The average Bonchev–Trinajstić information content (AvgIpc) is 2.16. The van der Waals surface area contributed by atoms with E-state index in [2.05, 4.69) is 0 Å². The van der Waals surface area contributed by atoms with Crippen molar-refractivity contribution in [3.05, 3.63) is 28.8 Å². The minimum atomic E-state index is -0.0298. The van der Waals surface area contributed by atoms with Crippen LogP contribution < -0.4 is 10.5 Å². The summed E-state index contributed by atoms with van der Waals surface area (Å²) in [6, 6.07) is 5.70. The maximum atomic E-state index is 6.21. The average molecular weight is 226 g/mol. The lowest BCUT2D eigenvalue weighted by atomic mass is 9.73. The predicted molar refractivity (Wildman–Crippen MR) is 62.5 cm³/mol. The second-order valence-corrected chi connectivity index (χ2v) is 4.79. The molecule has 0 aromatic heterocycles. The molecule has 1 aliphatic rings. The summed E-state index contributed by atoms with van der Waals surface area (Å²) >= 11 is 5.97. The molecule has 2 N–H and O–H groups in total. The molecule has 0 amide bonds. The molecule has 0 atom stereocenters. The molecule has 0 radical (unpaired) electrons. The Balaban J connectivity index is 2.21. The van der Waals surface area contributed by atoms with E-state index in [-0.39, 0.29) is 5.54 Å². The van der Waals surface area contributed by atoms with Gasteiger partial charge in [0, 0.05) is 10.6 Å². The number of hydrogen-bond donors (Lipinski definition) is 1. The zero-order valence-electron chi connectivity index (χ0n) is 8.92. The number of rotatable bonds is 3. The molecular weight excluding hydrogens is 210 g/mol. The first-order chi connectivity index (χ1) is 7.13. The van der Waals surface area contributed by atoms with E-state index in [1.807, 2.05) is 18.2 Å². The molecule has 1 aromatic carbocycles. The molecule has 0 saturated heterocycles. The quantitative estimate of drug-likeness (QED) is 0.859. The van der Waals surface area contributed by atoms with Crippen molar-refractivity contribution in [3.63, 3.8) is 0 Å². The van der Waals surface area contributed by atoms with Crippen LogP contribution in [0.3, 0.4) is 0 Å². The Hall–Kier alpha value is -0.730. The van der Waals surface area contributed by atoms with E-state index in [9.17, 15) is 0 Å².